The number of hydrogen-bond acceptors (Lipinski definition) is 6. The van der Waals surface area contributed by atoms with Gasteiger partial charge < -0.3 is 20.1 Å². The highest BCUT2D eigenvalue weighted by atomic mass is 32.1. The van der Waals surface area contributed by atoms with Crippen LogP contribution in [0.5, 0.6) is 5.75 Å². The van der Waals surface area contributed by atoms with E-state index in [-0.39, 0.29) is 18.0 Å². The van der Waals surface area contributed by atoms with Crippen molar-refractivity contribution in [2.75, 3.05) is 25.6 Å². The number of nitrogens with zero attached hydrogens (tertiary/aromatic N) is 1. The van der Waals surface area contributed by atoms with Crippen molar-refractivity contribution >= 4 is 39.6 Å². The van der Waals surface area contributed by atoms with Crippen LogP contribution in [0.15, 0.2) is 30.3 Å². The fourth-order valence-electron chi connectivity index (χ4n) is 7.56. The second-order valence-corrected chi connectivity index (χ2v) is 14.6. The number of carbonyl (C=O) groups excluding carboxylic acids is 2. The summed E-state index contributed by atoms with van der Waals surface area (Å²) in [5.41, 5.74) is 0.664. The smallest absolute Gasteiger partial charge is 0.419 e. The second kappa shape index (κ2) is 17.1. The van der Waals surface area contributed by atoms with E-state index in [4.69, 9.17) is 9.47 Å². The number of aryl methyl sites for hydroxylation is 1. The Labute approximate surface area is 290 Å². The van der Waals surface area contributed by atoms with Crippen LogP contribution in [0.25, 0.3) is 10.2 Å². The summed E-state index contributed by atoms with van der Waals surface area (Å²) in [6, 6.07) is 6.29. The Morgan fingerprint density at radius 1 is 1.14 bits per heavy atom. The van der Waals surface area contributed by atoms with Gasteiger partial charge in [0.05, 0.1) is 27.9 Å². The molecular formula is C37H49F4N3O4S. The predicted molar refractivity (Wildman–Crippen MR) is 186 cm³/mol. The van der Waals surface area contributed by atoms with Gasteiger partial charge in [-0.05, 0) is 98.9 Å². The maximum atomic E-state index is 13.0. The molecule has 3 aromatic rings. The van der Waals surface area contributed by atoms with Crippen LogP contribution < -0.4 is 15.4 Å². The molecule has 4 unspecified atom stereocenters. The summed E-state index contributed by atoms with van der Waals surface area (Å²) < 4.78 is 60.8. The first kappa shape index (κ1) is 38.6. The van der Waals surface area contributed by atoms with Crippen LogP contribution >= 0.6 is 11.3 Å². The van der Waals surface area contributed by atoms with Gasteiger partial charge in [0.15, 0.2) is 0 Å². The first-order valence-electron chi connectivity index (χ1n) is 17.3. The molecule has 6 rings (SSSR count). The standard InChI is InChI=1S/C18H22N2O2S.C11H22O.C8H5F4NO/c1-9-11-4-5-12(8-11)16(9)20-18(21)15-14(22-3)7-6-13-17(15)23-10(2)19-13;1-3-5-6-11(4-2)7-9-12-10-8-11;9-7-2-1-5(13-4-14)3-6(7)8(10,11)12/h6-7,9,11-12,16H,4-5,8H2,1-3H3,(H,20,21);3-10H2,1-2H3;1-4H,(H,13,14). The lowest BCUT2D eigenvalue weighted by Crippen LogP contribution is -2.43. The molecule has 1 aromatic heterocycles. The molecule has 2 saturated carbocycles. The third kappa shape index (κ3) is 9.51. The number of benzene rings is 2. The lowest BCUT2D eigenvalue weighted by molar-refractivity contribution is -0.140. The van der Waals surface area contributed by atoms with Crippen LogP contribution in [0.2, 0.25) is 0 Å². The molecule has 2 aliphatic carbocycles. The quantitative estimate of drug-likeness (QED) is 0.171. The van der Waals surface area contributed by atoms with Crippen LogP contribution in [-0.4, -0.2) is 43.7 Å². The number of methoxy groups -OCH3 is 1. The van der Waals surface area contributed by atoms with Gasteiger partial charge in [0.1, 0.15) is 17.1 Å². The number of unbranched alkanes of at least 4 members (excludes halogenated alkanes) is 1. The SMILES string of the molecule is CCCCC1(CC)CCOCC1.COc1ccc2nc(C)sc2c1C(=O)NC1C2CCC(C2)C1C.O=CNc1ccc(F)c(C(F)(F)F)c1. The third-order valence-corrected chi connectivity index (χ3v) is 11.6. The van der Waals surface area contributed by atoms with E-state index in [0.29, 0.717) is 46.7 Å². The van der Waals surface area contributed by atoms with E-state index in [2.05, 4.69) is 31.1 Å². The van der Waals surface area contributed by atoms with E-state index < -0.39 is 17.6 Å². The molecule has 7 nitrogen and oxygen atoms in total. The van der Waals surface area contributed by atoms with Crippen LogP contribution in [0, 0.1) is 35.9 Å². The number of amides is 2. The Hall–Kier alpha value is -3.25. The molecular weight excluding hydrogens is 658 g/mol. The number of alkyl halides is 3. The maximum Gasteiger partial charge on any atom is 0.419 e. The number of anilines is 1. The number of carbonyl (C=O) groups is 2. The summed E-state index contributed by atoms with van der Waals surface area (Å²) in [6.45, 7) is 10.9. The number of rotatable bonds is 9. The second-order valence-electron chi connectivity index (χ2n) is 13.4. The van der Waals surface area contributed by atoms with Crippen LogP contribution in [-0.2, 0) is 15.7 Å². The van der Waals surface area contributed by atoms with Crippen molar-refractivity contribution in [3.05, 3.63) is 52.3 Å². The third-order valence-electron chi connectivity index (χ3n) is 10.6. The summed E-state index contributed by atoms with van der Waals surface area (Å²) in [6.07, 6.45) is 7.39. The summed E-state index contributed by atoms with van der Waals surface area (Å²) in [4.78, 5) is 27.4. The summed E-state index contributed by atoms with van der Waals surface area (Å²) in [5, 5.41) is 6.28. The van der Waals surface area contributed by atoms with E-state index in [0.717, 1.165) is 40.4 Å². The Balaban J connectivity index is 0.000000179. The molecule has 0 spiro atoms. The highest BCUT2D eigenvalue weighted by Gasteiger charge is 2.46. The molecule has 270 valence electrons. The van der Waals surface area contributed by atoms with Crippen molar-refractivity contribution in [3.63, 3.8) is 0 Å². The topological polar surface area (TPSA) is 89.6 Å². The van der Waals surface area contributed by atoms with Gasteiger partial charge in [0.25, 0.3) is 5.91 Å². The minimum Gasteiger partial charge on any atom is -0.496 e. The van der Waals surface area contributed by atoms with Gasteiger partial charge in [0.2, 0.25) is 6.41 Å². The Kier molecular flexibility index (Phi) is 13.5. The number of nitrogens with one attached hydrogen (secondary N) is 2. The normalized spacial score (nSPS) is 22.4. The molecule has 2 aromatic carbocycles. The van der Waals surface area contributed by atoms with Crippen molar-refractivity contribution in [2.24, 2.45) is 23.2 Å². The van der Waals surface area contributed by atoms with Gasteiger partial charge in [0, 0.05) is 24.9 Å². The fraction of sp³-hybridized carbons (Fsp3) is 0.595. The Morgan fingerprint density at radius 3 is 2.45 bits per heavy atom. The molecule has 12 heteroatoms. The highest BCUT2D eigenvalue weighted by molar-refractivity contribution is 7.19. The first-order chi connectivity index (χ1) is 23.4. The van der Waals surface area contributed by atoms with Gasteiger partial charge in [-0.2, -0.15) is 13.2 Å². The van der Waals surface area contributed by atoms with Crippen LogP contribution in [0.4, 0.5) is 23.2 Å². The van der Waals surface area contributed by atoms with Gasteiger partial charge in [-0.3, -0.25) is 9.59 Å². The molecule has 2 N–H and O–H groups in total. The van der Waals surface area contributed by atoms with Gasteiger partial charge in [-0.15, -0.1) is 11.3 Å². The summed E-state index contributed by atoms with van der Waals surface area (Å²) >= 11 is 1.56. The van der Waals surface area contributed by atoms with Gasteiger partial charge in [-0.1, -0.05) is 40.0 Å². The molecule has 0 radical (unpaired) electrons. The van der Waals surface area contributed by atoms with Crippen molar-refractivity contribution in [1.82, 2.24) is 10.3 Å². The monoisotopic (exact) mass is 707 g/mol. The van der Waals surface area contributed by atoms with Crippen molar-refractivity contribution in [1.29, 1.82) is 0 Å². The first-order valence-corrected chi connectivity index (χ1v) is 18.1. The Morgan fingerprint density at radius 2 is 1.86 bits per heavy atom. The summed E-state index contributed by atoms with van der Waals surface area (Å²) in [7, 11) is 1.62. The van der Waals surface area contributed by atoms with Crippen LogP contribution in [0.1, 0.15) is 99.5 Å². The lowest BCUT2D eigenvalue weighted by atomic mass is 9.74. The fourth-order valence-corrected chi connectivity index (χ4v) is 8.51. The molecule has 2 bridgehead atoms. The number of halogens is 4. The molecule has 3 aliphatic rings. The lowest BCUT2D eigenvalue weighted by Gasteiger charge is -2.36. The van der Waals surface area contributed by atoms with E-state index in [9.17, 15) is 27.2 Å². The van der Waals surface area contributed by atoms with E-state index in [1.54, 1.807) is 18.4 Å². The largest absolute Gasteiger partial charge is 0.496 e. The van der Waals surface area contributed by atoms with Crippen molar-refractivity contribution in [2.45, 2.75) is 97.7 Å². The molecule has 2 amide bonds. The van der Waals surface area contributed by atoms with Gasteiger partial charge >= 0.3 is 6.18 Å². The average Bonchev–Trinajstić information content (AvgIpc) is 3.80. The van der Waals surface area contributed by atoms with Gasteiger partial charge in [-0.25, -0.2) is 9.37 Å². The maximum absolute atomic E-state index is 13.0. The molecule has 4 atom stereocenters. The molecule has 1 saturated heterocycles. The van der Waals surface area contributed by atoms with E-state index >= 15 is 0 Å². The zero-order valence-electron chi connectivity index (χ0n) is 29.1. The van der Waals surface area contributed by atoms with Crippen molar-refractivity contribution in [3.8, 4) is 5.75 Å². The number of hydrogen-bond donors (Lipinski definition) is 2. The highest BCUT2D eigenvalue weighted by Crippen LogP contribution is 2.48. The molecule has 3 fully saturated rings. The number of aromatic nitrogens is 1. The molecule has 1 aliphatic heterocycles. The Bertz CT molecular complexity index is 1550. The number of ether oxygens (including phenoxy) is 2. The minimum atomic E-state index is -4.76. The molecule has 2 heterocycles. The zero-order chi connectivity index (χ0) is 35.8. The number of fused-ring (bicyclic) bond motifs is 3. The van der Waals surface area contributed by atoms with Crippen LogP contribution in [0.3, 0.4) is 0 Å². The average molecular weight is 708 g/mol. The van der Waals surface area contributed by atoms with E-state index in [1.165, 1.54) is 57.8 Å². The van der Waals surface area contributed by atoms with Crippen molar-refractivity contribution < 1.29 is 36.6 Å². The summed E-state index contributed by atoms with van der Waals surface area (Å²) in [5.74, 6) is 1.26. The van der Waals surface area contributed by atoms with E-state index in [1.807, 2.05) is 24.4 Å². The zero-order valence-corrected chi connectivity index (χ0v) is 29.9. The molecule has 49 heavy (non-hydrogen) atoms. The minimum absolute atomic E-state index is 0.0134. The predicted octanol–water partition coefficient (Wildman–Crippen LogP) is 9.57. The number of thiazole rings is 1.